The molecule has 2 fully saturated rings. The number of nitrogens with zero attached hydrogens (tertiary/aromatic N) is 3. The quantitative estimate of drug-likeness (QED) is 0.461. The maximum absolute atomic E-state index is 14.9. The van der Waals surface area contributed by atoms with Crippen LogP contribution in [-0.4, -0.2) is 82.2 Å². The third-order valence-electron chi connectivity index (χ3n) is 9.52. The van der Waals surface area contributed by atoms with Crippen LogP contribution in [0.5, 0.6) is 0 Å². The molecule has 4 aliphatic heterocycles. The van der Waals surface area contributed by atoms with Crippen LogP contribution in [0, 0.1) is 11.8 Å². The number of hydrogen-bond acceptors (Lipinski definition) is 5. The predicted octanol–water partition coefficient (Wildman–Crippen LogP) is 4.02. The number of hydrogen-bond donors (Lipinski definition) is 1. The van der Waals surface area contributed by atoms with Crippen molar-refractivity contribution in [1.82, 2.24) is 9.80 Å². The van der Waals surface area contributed by atoms with Crippen LogP contribution in [0.3, 0.4) is 0 Å². The number of rotatable bonds is 8. The molecule has 6 rings (SSSR count). The monoisotopic (exact) mass is 603 g/mol. The number of halogens is 1. The molecule has 1 spiro atoms. The molecule has 4 heterocycles. The molecule has 9 heteroatoms. The summed E-state index contributed by atoms with van der Waals surface area (Å²) in [6, 6.07) is 14.9. The lowest BCUT2D eigenvalue weighted by atomic mass is 9.73. The molecular formula is C34H38ClN3O5. The number of likely N-dealkylation sites (tertiary alicyclic amines) is 1. The summed E-state index contributed by atoms with van der Waals surface area (Å²) in [6.45, 7) is 4.84. The number of benzene rings is 2. The van der Waals surface area contributed by atoms with Gasteiger partial charge in [-0.1, -0.05) is 92.2 Å². The van der Waals surface area contributed by atoms with Crippen molar-refractivity contribution in [3.05, 3.63) is 89.5 Å². The minimum absolute atomic E-state index is 0.138. The van der Waals surface area contributed by atoms with Gasteiger partial charge in [-0.15, -0.1) is 0 Å². The molecule has 4 aliphatic rings. The van der Waals surface area contributed by atoms with Crippen LogP contribution in [0.25, 0.3) is 0 Å². The summed E-state index contributed by atoms with van der Waals surface area (Å²) in [6.07, 6.45) is 9.16. The zero-order chi connectivity index (χ0) is 30.4. The Kier molecular flexibility index (Phi) is 7.96. The van der Waals surface area contributed by atoms with E-state index < -0.39 is 35.1 Å². The van der Waals surface area contributed by atoms with Crippen molar-refractivity contribution < 1.29 is 24.2 Å². The fourth-order valence-corrected chi connectivity index (χ4v) is 7.88. The minimum atomic E-state index is -1.41. The Morgan fingerprint density at radius 1 is 0.930 bits per heavy atom. The van der Waals surface area contributed by atoms with Gasteiger partial charge in [0.25, 0.3) is 5.91 Å². The molecule has 0 aliphatic carbocycles. The first-order valence-electron chi connectivity index (χ1n) is 15.2. The highest BCUT2D eigenvalue weighted by Crippen LogP contribution is 2.59. The Morgan fingerprint density at radius 2 is 1.65 bits per heavy atom. The molecule has 1 unspecified atom stereocenters. The highest BCUT2D eigenvalue weighted by Gasteiger charge is 2.76. The van der Waals surface area contributed by atoms with E-state index in [1.807, 2.05) is 74.5 Å². The van der Waals surface area contributed by atoms with Crippen LogP contribution in [0.2, 0.25) is 5.02 Å². The lowest BCUT2D eigenvalue weighted by molar-refractivity contribution is -0.152. The van der Waals surface area contributed by atoms with E-state index in [0.717, 1.165) is 12.0 Å². The number of carbonyl (C=O) groups is 3. The summed E-state index contributed by atoms with van der Waals surface area (Å²) < 4.78 is 7.06. The first kappa shape index (κ1) is 29.6. The molecule has 1 N–H and O–H groups in total. The van der Waals surface area contributed by atoms with E-state index >= 15 is 0 Å². The average Bonchev–Trinajstić information content (AvgIpc) is 3.32. The fourth-order valence-electron chi connectivity index (χ4n) is 7.64. The summed E-state index contributed by atoms with van der Waals surface area (Å²) in [4.78, 5) is 48.9. The van der Waals surface area contributed by atoms with Crippen LogP contribution in [0.1, 0.15) is 32.3 Å². The smallest absolute Gasteiger partial charge is 0.253 e. The zero-order valence-corrected chi connectivity index (χ0v) is 25.3. The maximum Gasteiger partial charge on any atom is 0.253 e. The third kappa shape index (κ3) is 4.62. The Labute approximate surface area is 257 Å². The Bertz CT molecular complexity index is 1460. The topological polar surface area (TPSA) is 90.4 Å². The van der Waals surface area contributed by atoms with Gasteiger partial charge in [-0.2, -0.15) is 0 Å². The van der Waals surface area contributed by atoms with Gasteiger partial charge in [0, 0.05) is 19.6 Å². The van der Waals surface area contributed by atoms with Gasteiger partial charge in [0.05, 0.1) is 40.8 Å². The van der Waals surface area contributed by atoms with Crippen molar-refractivity contribution in [2.24, 2.45) is 11.8 Å². The first-order valence-corrected chi connectivity index (χ1v) is 15.6. The zero-order valence-electron chi connectivity index (χ0n) is 24.6. The predicted molar refractivity (Wildman–Crippen MR) is 164 cm³/mol. The molecular weight excluding hydrogens is 566 g/mol. The van der Waals surface area contributed by atoms with Gasteiger partial charge >= 0.3 is 0 Å². The maximum atomic E-state index is 14.9. The van der Waals surface area contributed by atoms with Crippen molar-refractivity contribution in [2.75, 3.05) is 31.1 Å². The van der Waals surface area contributed by atoms with Crippen LogP contribution in [0.4, 0.5) is 5.69 Å². The molecule has 6 atom stereocenters. The number of fused-ring (bicyclic) bond motifs is 2. The molecule has 2 aromatic rings. The summed E-state index contributed by atoms with van der Waals surface area (Å²) in [5.74, 6) is -2.60. The molecule has 2 saturated heterocycles. The lowest BCUT2D eigenvalue weighted by Gasteiger charge is -2.41. The number of ether oxygens (including phenoxy) is 1. The molecule has 0 aromatic heterocycles. The lowest BCUT2D eigenvalue weighted by Crippen LogP contribution is -2.59. The summed E-state index contributed by atoms with van der Waals surface area (Å²) in [5.41, 5.74) is -1.02. The Balaban J connectivity index is 1.52. The van der Waals surface area contributed by atoms with E-state index in [1.165, 1.54) is 4.90 Å². The first-order chi connectivity index (χ1) is 20.8. The second-order valence-electron chi connectivity index (χ2n) is 11.9. The number of carbonyl (C=O) groups excluding carboxylic acids is 3. The molecule has 2 aromatic carbocycles. The van der Waals surface area contributed by atoms with Crippen LogP contribution in [0.15, 0.2) is 78.9 Å². The molecule has 8 nitrogen and oxygen atoms in total. The van der Waals surface area contributed by atoms with Crippen molar-refractivity contribution in [1.29, 1.82) is 0 Å². The van der Waals surface area contributed by atoms with E-state index in [1.54, 1.807) is 28.0 Å². The number of amides is 3. The van der Waals surface area contributed by atoms with Crippen LogP contribution < -0.4 is 4.90 Å². The van der Waals surface area contributed by atoms with Crippen molar-refractivity contribution >= 4 is 35.0 Å². The minimum Gasteiger partial charge on any atom is -0.394 e. The van der Waals surface area contributed by atoms with Gasteiger partial charge in [0.2, 0.25) is 11.8 Å². The van der Waals surface area contributed by atoms with E-state index in [-0.39, 0.29) is 30.9 Å². The number of anilines is 1. The largest absolute Gasteiger partial charge is 0.394 e. The highest BCUT2D eigenvalue weighted by molar-refractivity contribution is 6.34. The summed E-state index contributed by atoms with van der Waals surface area (Å²) in [5, 5.41) is 11.2. The van der Waals surface area contributed by atoms with Crippen molar-refractivity contribution in [3.8, 4) is 0 Å². The van der Waals surface area contributed by atoms with Crippen LogP contribution >= 0.6 is 11.6 Å². The van der Waals surface area contributed by atoms with Crippen molar-refractivity contribution in [3.63, 3.8) is 0 Å². The van der Waals surface area contributed by atoms with Gasteiger partial charge < -0.3 is 24.5 Å². The highest BCUT2D eigenvalue weighted by atomic mass is 35.5. The molecule has 3 amide bonds. The summed E-state index contributed by atoms with van der Waals surface area (Å²) >= 11 is 6.59. The standard InChI is InChI=1S/C34H38ClN3O5/c1-3-18-36-19-10-16-33(4-2)27(30(36)40)28-31(41)38(24(22-39)21-23-12-6-5-7-13-23)29-32(42)37(20-11-17-34(28,29)43-33)26-15-9-8-14-25(26)35/h5-17,24,27-29,39H,3-4,18-22H2,1-2H3/t24-,27+,28+,29?,33-,34+/m1/s1. The van der Waals surface area contributed by atoms with E-state index in [0.29, 0.717) is 36.6 Å². The Morgan fingerprint density at radius 3 is 2.35 bits per heavy atom. The number of aliphatic hydroxyl groups excluding tert-OH is 1. The second kappa shape index (κ2) is 11.6. The molecule has 43 heavy (non-hydrogen) atoms. The molecule has 0 saturated carbocycles. The Hall–Kier alpha value is -3.46. The number of para-hydroxylation sites is 1. The van der Waals surface area contributed by atoms with Gasteiger partial charge in [-0.25, -0.2) is 0 Å². The van der Waals surface area contributed by atoms with Gasteiger partial charge in [0.1, 0.15) is 11.6 Å². The fraction of sp³-hybridized carbons (Fsp3) is 0.441. The van der Waals surface area contributed by atoms with Crippen LogP contribution in [-0.2, 0) is 25.5 Å². The van der Waals surface area contributed by atoms with Gasteiger partial charge in [-0.3, -0.25) is 14.4 Å². The summed E-state index contributed by atoms with van der Waals surface area (Å²) in [7, 11) is 0. The van der Waals surface area contributed by atoms with Gasteiger partial charge in [0.15, 0.2) is 0 Å². The molecule has 0 radical (unpaired) electrons. The second-order valence-corrected chi connectivity index (χ2v) is 12.3. The average molecular weight is 604 g/mol. The van der Waals surface area contributed by atoms with E-state index in [9.17, 15) is 19.5 Å². The third-order valence-corrected chi connectivity index (χ3v) is 9.84. The number of aliphatic hydroxyl groups is 1. The van der Waals surface area contributed by atoms with Gasteiger partial charge in [-0.05, 0) is 37.0 Å². The SMILES string of the molecule is CCCN1CC=C[C@@]2(CC)O[C@]34C=CCN(c5ccccc5Cl)C(=O)C3N([C@@H](CO)Cc3ccccc3)C(=O)[C@@H]4[C@H]2C1=O. The normalized spacial score (nSPS) is 30.7. The van der Waals surface area contributed by atoms with E-state index in [4.69, 9.17) is 16.3 Å². The molecule has 0 bridgehead atoms. The van der Waals surface area contributed by atoms with E-state index in [2.05, 4.69) is 0 Å². The van der Waals surface area contributed by atoms with Crippen molar-refractivity contribution in [2.45, 2.75) is 56.4 Å². The molecule has 226 valence electrons.